The number of nitrogens with one attached hydrogen (secondary N) is 1. The molecule has 1 aliphatic heterocycles. The van der Waals surface area contributed by atoms with Crippen LogP contribution in [0, 0.1) is 5.92 Å². The third-order valence-corrected chi connectivity index (χ3v) is 4.35. The molecule has 1 heterocycles. The van der Waals surface area contributed by atoms with Crippen molar-refractivity contribution in [3.8, 4) is 0 Å². The summed E-state index contributed by atoms with van der Waals surface area (Å²) in [6.07, 6.45) is 8.17. The molecule has 2 fully saturated rings. The van der Waals surface area contributed by atoms with Gasteiger partial charge in [-0.2, -0.15) is 0 Å². The molecule has 1 saturated heterocycles. The van der Waals surface area contributed by atoms with Crippen LogP contribution in [0.5, 0.6) is 0 Å². The van der Waals surface area contributed by atoms with Gasteiger partial charge in [0.1, 0.15) is 0 Å². The molecule has 0 amide bonds. The average Bonchev–Trinajstić information content (AvgIpc) is 3.21. The van der Waals surface area contributed by atoms with E-state index < -0.39 is 0 Å². The Morgan fingerprint density at radius 3 is 2.67 bits per heavy atom. The lowest BCUT2D eigenvalue weighted by Gasteiger charge is -2.36. The number of piperidine rings is 1. The van der Waals surface area contributed by atoms with E-state index in [1.54, 1.807) is 0 Å². The number of rotatable bonds is 8. The summed E-state index contributed by atoms with van der Waals surface area (Å²) in [5.41, 5.74) is 0. The summed E-state index contributed by atoms with van der Waals surface area (Å²) >= 11 is 0. The summed E-state index contributed by atoms with van der Waals surface area (Å²) in [5.74, 6) is 0.903. The lowest BCUT2D eigenvalue weighted by Crippen LogP contribution is -2.49. The number of hydrogen-bond acceptors (Lipinski definition) is 3. The van der Waals surface area contributed by atoms with Crippen LogP contribution in [0.3, 0.4) is 0 Å². The van der Waals surface area contributed by atoms with Crippen LogP contribution in [-0.4, -0.2) is 50.3 Å². The highest BCUT2D eigenvalue weighted by molar-refractivity contribution is 4.90. The summed E-state index contributed by atoms with van der Waals surface area (Å²) in [6, 6.07) is 1.38. The van der Waals surface area contributed by atoms with Crippen LogP contribution in [-0.2, 0) is 4.74 Å². The van der Waals surface area contributed by atoms with Gasteiger partial charge in [-0.1, -0.05) is 13.3 Å². The fourth-order valence-electron chi connectivity index (χ4n) is 3.23. The zero-order chi connectivity index (χ0) is 12.8. The zero-order valence-electron chi connectivity index (χ0n) is 12.2. The monoisotopic (exact) mass is 254 g/mol. The molecule has 3 nitrogen and oxygen atoms in total. The first-order chi connectivity index (χ1) is 8.85. The zero-order valence-corrected chi connectivity index (χ0v) is 12.2. The Balaban J connectivity index is 1.87. The first kappa shape index (κ1) is 14.3. The lowest BCUT2D eigenvalue weighted by molar-refractivity contribution is 0.0683. The first-order valence-corrected chi connectivity index (χ1v) is 7.81. The molecule has 2 rings (SSSR count). The highest BCUT2D eigenvalue weighted by atomic mass is 16.5. The summed E-state index contributed by atoms with van der Waals surface area (Å²) in [7, 11) is 1.85. The Bertz CT molecular complexity index is 225. The molecule has 2 atom stereocenters. The highest BCUT2D eigenvalue weighted by Crippen LogP contribution is 2.35. The Morgan fingerprint density at radius 1 is 1.28 bits per heavy atom. The van der Waals surface area contributed by atoms with Crippen LogP contribution < -0.4 is 5.32 Å². The van der Waals surface area contributed by atoms with Crippen LogP contribution in [0.15, 0.2) is 0 Å². The molecule has 18 heavy (non-hydrogen) atoms. The fraction of sp³-hybridized carbons (Fsp3) is 1.00. The van der Waals surface area contributed by atoms with Crippen LogP contribution in [0.25, 0.3) is 0 Å². The summed E-state index contributed by atoms with van der Waals surface area (Å²) in [6.45, 7) is 6.86. The third-order valence-electron chi connectivity index (χ3n) is 4.35. The Hall–Kier alpha value is -0.120. The highest BCUT2D eigenvalue weighted by Gasteiger charge is 2.35. The molecule has 1 saturated carbocycles. The van der Waals surface area contributed by atoms with Gasteiger partial charge < -0.3 is 10.1 Å². The minimum Gasteiger partial charge on any atom is -0.383 e. The van der Waals surface area contributed by atoms with Gasteiger partial charge in [0, 0.05) is 25.7 Å². The third kappa shape index (κ3) is 4.22. The van der Waals surface area contributed by atoms with Gasteiger partial charge in [0.05, 0.1) is 6.61 Å². The maximum absolute atomic E-state index is 5.46. The Labute approximate surface area is 112 Å². The van der Waals surface area contributed by atoms with Crippen LogP contribution in [0.4, 0.5) is 0 Å². The second kappa shape index (κ2) is 7.46. The molecule has 0 spiro atoms. The van der Waals surface area contributed by atoms with Crippen molar-refractivity contribution < 1.29 is 4.74 Å². The molecule has 1 aliphatic carbocycles. The van der Waals surface area contributed by atoms with Gasteiger partial charge in [-0.25, -0.2) is 0 Å². The smallest absolute Gasteiger partial charge is 0.0620 e. The maximum atomic E-state index is 5.46. The summed E-state index contributed by atoms with van der Waals surface area (Å²) < 4.78 is 5.46. The van der Waals surface area contributed by atoms with Gasteiger partial charge in [-0.15, -0.1) is 0 Å². The number of ether oxygens (including phenoxy) is 1. The second-order valence-corrected chi connectivity index (χ2v) is 6.00. The number of hydrogen-bond donors (Lipinski definition) is 1. The van der Waals surface area contributed by atoms with E-state index in [1.807, 2.05) is 7.11 Å². The SMILES string of the molecule is CCCN(CC1CCCCN1)C(COC)C1CC1. The van der Waals surface area contributed by atoms with Gasteiger partial charge in [0.15, 0.2) is 0 Å². The Morgan fingerprint density at radius 2 is 2.11 bits per heavy atom. The van der Waals surface area contributed by atoms with Gasteiger partial charge >= 0.3 is 0 Å². The molecular weight excluding hydrogens is 224 g/mol. The molecule has 0 aromatic rings. The van der Waals surface area contributed by atoms with E-state index in [0.717, 1.165) is 12.5 Å². The van der Waals surface area contributed by atoms with Gasteiger partial charge in [0.25, 0.3) is 0 Å². The van der Waals surface area contributed by atoms with Crippen molar-refractivity contribution in [1.82, 2.24) is 10.2 Å². The van der Waals surface area contributed by atoms with Gasteiger partial charge in [0.2, 0.25) is 0 Å². The quantitative estimate of drug-likeness (QED) is 0.719. The summed E-state index contributed by atoms with van der Waals surface area (Å²) in [5, 5.41) is 3.68. The predicted octanol–water partition coefficient (Wildman–Crippen LogP) is 2.27. The van der Waals surface area contributed by atoms with Crippen molar-refractivity contribution in [1.29, 1.82) is 0 Å². The van der Waals surface area contributed by atoms with Crippen molar-refractivity contribution in [3.05, 3.63) is 0 Å². The van der Waals surface area contributed by atoms with Crippen LogP contribution in [0.2, 0.25) is 0 Å². The van der Waals surface area contributed by atoms with Gasteiger partial charge in [-0.3, -0.25) is 4.90 Å². The van der Waals surface area contributed by atoms with E-state index in [0.29, 0.717) is 12.1 Å². The maximum Gasteiger partial charge on any atom is 0.0620 e. The van der Waals surface area contributed by atoms with Crippen molar-refractivity contribution in [2.24, 2.45) is 5.92 Å². The van der Waals surface area contributed by atoms with E-state index in [4.69, 9.17) is 4.74 Å². The fourth-order valence-corrected chi connectivity index (χ4v) is 3.23. The van der Waals surface area contributed by atoms with E-state index in [-0.39, 0.29) is 0 Å². The van der Waals surface area contributed by atoms with Gasteiger partial charge in [-0.05, 0) is 51.1 Å². The predicted molar refractivity (Wildman–Crippen MR) is 75.9 cm³/mol. The Kier molecular flexibility index (Phi) is 5.93. The average molecular weight is 254 g/mol. The molecule has 1 N–H and O–H groups in total. The molecule has 0 aromatic carbocycles. The topological polar surface area (TPSA) is 24.5 Å². The van der Waals surface area contributed by atoms with E-state index >= 15 is 0 Å². The summed E-state index contributed by atoms with van der Waals surface area (Å²) in [4.78, 5) is 2.70. The molecular formula is C15H30N2O. The van der Waals surface area contributed by atoms with E-state index in [1.165, 1.54) is 58.2 Å². The van der Waals surface area contributed by atoms with Crippen molar-refractivity contribution in [2.75, 3.05) is 33.4 Å². The number of methoxy groups -OCH3 is 1. The molecule has 2 unspecified atom stereocenters. The number of nitrogens with zero attached hydrogens (tertiary/aromatic N) is 1. The van der Waals surface area contributed by atoms with Crippen molar-refractivity contribution >= 4 is 0 Å². The first-order valence-electron chi connectivity index (χ1n) is 7.81. The van der Waals surface area contributed by atoms with E-state index in [2.05, 4.69) is 17.1 Å². The largest absolute Gasteiger partial charge is 0.383 e. The minimum atomic E-state index is 0.665. The molecule has 0 bridgehead atoms. The van der Waals surface area contributed by atoms with E-state index in [9.17, 15) is 0 Å². The van der Waals surface area contributed by atoms with Crippen LogP contribution in [0.1, 0.15) is 45.4 Å². The second-order valence-electron chi connectivity index (χ2n) is 6.00. The molecule has 0 aromatic heterocycles. The minimum absolute atomic E-state index is 0.665. The normalized spacial score (nSPS) is 26.5. The van der Waals surface area contributed by atoms with Crippen molar-refractivity contribution in [2.45, 2.75) is 57.5 Å². The van der Waals surface area contributed by atoms with Crippen molar-refractivity contribution in [3.63, 3.8) is 0 Å². The standard InChI is InChI=1S/C15H30N2O/c1-3-10-17(11-14-6-4-5-9-16-14)15(12-18-2)13-7-8-13/h13-16H,3-12H2,1-2H3. The van der Waals surface area contributed by atoms with Crippen LogP contribution >= 0.6 is 0 Å². The molecule has 0 radical (unpaired) electrons. The molecule has 2 aliphatic rings. The molecule has 3 heteroatoms. The lowest BCUT2D eigenvalue weighted by atomic mass is 10.0. The molecule has 106 valence electrons.